The minimum absolute atomic E-state index is 0.0804. The van der Waals surface area contributed by atoms with Gasteiger partial charge in [-0.3, -0.25) is 9.59 Å². The maximum Gasteiger partial charge on any atom is 0.408 e. The molecule has 214 valence electrons. The van der Waals surface area contributed by atoms with Crippen molar-refractivity contribution in [1.82, 2.24) is 10.2 Å². The molecule has 0 bridgehead atoms. The normalized spacial score (nSPS) is 12.8. The number of amides is 3. The zero-order valence-corrected chi connectivity index (χ0v) is 24.0. The number of carbonyl (C=O) groups is 3. The highest BCUT2D eigenvalue weighted by Gasteiger charge is 2.36. The molecule has 0 aliphatic carbocycles. The molecule has 0 radical (unpaired) electrons. The van der Waals surface area contributed by atoms with Gasteiger partial charge in [-0.1, -0.05) is 62.1 Å². The van der Waals surface area contributed by atoms with Crippen molar-refractivity contribution in [3.8, 4) is 5.75 Å². The summed E-state index contributed by atoms with van der Waals surface area (Å²) in [5.74, 6) is -1.31. The molecule has 0 fully saturated rings. The van der Waals surface area contributed by atoms with E-state index in [1.807, 2.05) is 0 Å². The van der Waals surface area contributed by atoms with Crippen molar-refractivity contribution in [3.05, 3.63) is 58.6 Å². The average molecular weight is 562 g/mol. The molecule has 39 heavy (non-hydrogen) atoms. The maximum atomic E-state index is 13.9. The first kappa shape index (κ1) is 31.9. The number of ether oxygens (including phenoxy) is 1. The SMILES string of the molecule is CCCCCCN(C(=O)C(CO)NC(=O)OC(C)(C)C)C(C(=O)Nc1c(C)cccc1Cl)c1cccc(O)c1. The van der Waals surface area contributed by atoms with E-state index in [1.165, 1.54) is 17.0 Å². The van der Waals surface area contributed by atoms with Crippen molar-refractivity contribution >= 4 is 35.2 Å². The second kappa shape index (κ2) is 14.7. The first-order chi connectivity index (χ1) is 18.4. The van der Waals surface area contributed by atoms with E-state index >= 15 is 0 Å². The van der Waals surface area contributed by atoms with Crippen LogP contribution in [-0.2, 0) is 14.3 Å². The van der Waals surface area contributed by atoms with Crippen LogP contribution in [0.4, 0.5) is 10.5 Å². The molecule has 0 heterocycles. The lowest BCUT2D eigenvalue weighted by Gasteiger charge is -2.34. The molecule has 2 aromatic rings. The molecule has 2 rings (SSSR count). The lowest BCUT2D eigenvalue weighted by molar-refractivity contribution is -0.141. The van der Waals surface area contributed by atoms with Crippen molar-refractivity contribution in [1.29, 1.82) is 0 Å². The molecule has 0 saturated carbocycles. The predicted octanol–water partition coefficient (Wildman–Crippen LogP) is 5.33. The zero-order valence-electron chi connectivity index (χ0n) is 23.3. The first-order valence-corrected chi connectivity index (χ1v) is 13.5. The largest absolute Gasteiger partial charge is 0.508 e. The number of anilines is 1. The molecule has 2 unspecified atom stereocenters. The summed E-state index contributed by atoms with van der Waals surface area (Å²) in [5, 5.41) is 25.9. The predicted molar refractivity (Wildman–Crippen MR) is 152 cm³/mol. The number of aromatic hydroxyl groups is 1. The van der Waals surface area contributed by atoms with Crippen LogP contribution in [0.25, 0.3) is 0 Å². The van der Waals surface area contributed by atoms with E-state index in [4.69, 9.17) is 16.3 Å². The number of aliphatic hydroxyl groups excluding tert-OH is 1. The fraction of sp³-hybridized carbons (Fsp3) is 0.483. The second-order valence-corrected chi connectivity index (χ2v) is 10.8. The standard InChI is InChI=1S/C29H40ClN3O6/c1-6-7-8-9-16-33(27(37)23(18-34)31-28(38)39-29(3,4)5)25(20-13-11-14-21(35)17-20)26(36)32-24-19(2)12-10-15-22(24)30/h10-15,17,23,25,34-35H,6-9,16,18H2,1-5H3,(H,31,38)(H,32,36). The highest BCUT2D eigenvalue weighted by molar-refractivity contribution is 6.34. The van der Waals surface area contributed by atoms with Crippen molar-refractivity contribution in [2.45, 2.75) is 78.0 Å². The van der Waals surface area contributed by atoms with Gasteiger partial charge in [0, 0.05) is 6.54 Å². The van der Waals surface area contributed by atoms with Crippen molar-refractivity contribution in [2.24, 2.45) is 0 Å². The topological polar surface area (TPSA) is 128 Å². The number of aryl methyl sites for hydroxylation is 1. The summed E-state index contributed by atoms with van der Waals surface area (Å²) in [6, 6.07) is 8.72. The summed E-state index contributed by atoms with van der Waals surface area (Å²) in [7, 11) is 0. The van der Waals surface area contributed by atoms with Gasteiger partial charge in [-0.15, -0.1) is 0 Å². The van der Waals surface area contributed by atoms with Gasteiger partial charge in [0.2, 0.25) is 5.91 Å². The van der Waals surface area contributed by atoms with Crippen LogP contribution in [0.15, 0.2) is 42.5 Å². The number of phenols is 1. The summed E-state index contributed by atoms with van der Waals surface area (Å²) in [4.78, 5) is 41.5. The Bertz CT molecular complexity index is 1110. The van der Waals surface area contributed by atoms with Gasteiger partial charge in [0.05, 0.1) is 17.3 Å². The maximum absolute atomic E-state index is 13.9. The molecule has 0 aliphatic rings. The van der Waals surface area contributed by atoms with Gasteiger partial charge in [0.25, 0.3) is 5.91 Å². The lowest BCUT2D eigenvalue weighted by Crippen LogP contribution is -2.54. The minimum Gasteiger partial charge on any atom is -0.508 e. The van der Waals surface area contributed by atoms with E-state index in [9.17, 15) is 24.6 Å². The highest BCUT2D eigenvalue weighted by Crippen LogP contribution is 2.30. The van der Waals surface area contributed by atoms with Gasteiger partial charge in [0.15, 0.2) is 0 Å². The Morgan fingerprint density at radius 1 is 1.08 bits per heavy atom. The number of rotatable bonds is 12. The monoisotopic (exact) mass is 561 g/mol. The van der Waals surface area contributed by atoms with Crippen LogP contribution in [0.2, 0.25) is 5.02 Å². The third kappa shape index (κ3) is 9.75. The smallest absolute Gasteiger partial charge is 0.408 e. The third-order valence-electron chi connectivity index (χ3n) is 5.92. The summed E-state index contributed by atoms with van der Waals surface area (Å²) in [5.41, 5.74) is 0.670. The van der Waals surface area contributed by atoms with Crippen molar-refractivity contribution in [2.75, 3.05) is 18.5 Å². The molecule has 10 heteroatoms. The van der Waals surface area contributed by atoms with E-state index in [2.05, 4.69) is 17.6 Å². The molecule has 9 nitrogen and oxygen atoms in total. The molecule has 0 spiro atoms. The number of aliphatic hydroxyl groups is 1. The Morgan fingerprint density at radius 3 is 2.36 bits per heavy atom. The van der Waals surface area contributed by atoms with Gasteiger partial charge in [-0.05, 0) is 63.4 Å². The van der Waals surface area contributed by atoms with Crippen LogP contribution in [0.1, 0.15) is 70.5 Å². The summed E-state index contributed by atoms with van der Waals surface area (Å²) in [6.45, 7) is 8.36. The lowest BCUT2D eigenvalue weighted by atomic mass is 10.0. The number of hydrogen-bond acceptors (Lipinski definition) is 6. The van der Waals surface area contributed by atoms with Crippen LogP contribution < -0.4 is 10.6 Å². The van der Waals surface area contributed by atoms with Gasteiger partial charge in [-0.25, -0.2) is 4.79 Å². The molecule has 3 amide bonds. The zero-order chi connectivity index (χ0) is 29.2. The number of unbranched alkanes of at least 4 members (excludes halogenated alkanes) is 3. The van der Waals surface area contributed by atoms with Gasteiger partial charge in [0.1, 0.15) is 23.4 Å². The Labute approximate surface area is 235 Å². The Hall–Kier alpha value is -3.30. The fourth-order valence-corrected chi connectivity index (χ4v) is 4.33. The van der Waals surface area contributed by atoms with Crippen LogP contribution >= 0.6 is 11.6 Å². The summed E-state index contributed by atoms with van der Waals surface area (Å²) >= 11 is 6.36. The van der Waals surface area contributed by atoms with Gasteiger partial charge >= 0.3 is 6.09 Å². The molecule has 0 aliphatic heterocycles. The third-order valence-corrected chi connectivity index (χ3v) is 6.24. The number of hydrogen-bond donors (Lipinski definition) is 4. The van der Waals surface area contributed by atoms with Crippen LogP contribution in [0.5, 0.6) is 5.75 Å². The van der Waals surface area contributed by atoms with Gasteiger partial charge in [-0.2, -0.15) is 0 Å². The first-order valence-electron chi connectivity index (χ1n) is 13.1. The quantitative estimate of drug-likeness (QED) is 0.259. The summed E-state index contributed by atoms with van der Waals surface area (Å²) < 4.78 is 5.27. The number of alkyl carbamates (subject to hydrolysis) is 1. The van der Waals surface area contributed by atoms with Crippen LogP contribution in [0, 0.1) is 6.92 Å². The molecule has 0 aromatic heterocycles. The molecular formula is C29H40ClN3O6. The second-order valence-electron chi connectivity index (χ2n) is 10.4. The molecule has 0 saturated heterocycles. The van der Waals surface area contributed by atoms with E-state index in [-0.39, 0.29) is 12.3 Å². The van der Waals surface area contributed by atoms with Crippen LogP contribution in [-0.4, -0.2) is 57.8 Å². The average Bonchev–Trinajstić information content (AvgIpc) is 2.85. The Morgan fingerprint density at radius 2 is 1.77 bits per heavy atom. The number of halogens is 1. The number of carbonyl (C=O) groups excluding carboxylic acids is 3. The number of phenolic OH excluding ortho intramolecular Hbond substituents is 1. The fourth-order valence-electron chi connectivity index (χ4n) is 4.06. The number of benzene rings is 2. The van der Waals surface area contributed by atoms with E-state index in [1.54, 1.807) is 58.0 Å². The summed E-state index contributed by atoms with van der Waals surface area (Å²) in [6.07, 6.45) is 2.42. The minimum atomic E-state index is -1.36. The van der Waals surface area contributed by atoms with Crippen LogP contribution in [0.3, 0.4) is 0 Å². The van der Waals surface area contributed by atoms with Gasteiger partial charge < -0.3 is 30.5 Å². The molecular weight excluding hydrogens is 522 g/mol. The Balaban J connectivity index is 2.52. The number of nitrogens with one attached hydrogen (secondary N) is 2. The van der Waals surface area contributed by atoms with E-state index in [0.29, 0.717) is 22.7 Å². The van der Waals surface area contributed by atoms with Crippen molar-refractivity contribution < 1.29 is 29.3 Å². The van der Waals surface area contributed by atoms with Crippen molar-refractivity contribution in [3.63, 3.8) is 0 Å². The number of para-hydroxylation sites is 1. The Kier molecular flexibility index (Phi) is 12.1. The molecule has 2 aromatic carbocycles. The van der Waals surface area contributed by atoms with E-state index in [0.717, 1.165) is 24.8 Å². The molecule has 4 N–H and O–H groups in total. The molecule has 2 atom stereocenters. The number of nitrogens with zero attached hydrogens (tertiary/aromatic N) is 1. The van der Waals surface area contributed by atoms with E-state index < -0.39 is 42.2 Å². The highest BCUT2D eigenvalue weighted by atomic mass is 35.5.